The van der Waals surface area contributed by atoms with Crippen LogP contribution in [0.5, 0.6) is 0 Å². The SMILES string of the molecule is Cc1noc(C)c1-c1ccc2c(c1)nc([C@@H]1CCC(=O)N1c1ccccc1)n2[C@@H]1CCNC1. The number of fused-ring (bicyclic) bond motifs is 1. The Balaban J connectivity index is 1.52. The molecule has 0 radical (unpaired) electrons. The van der Waals surface area contributed by atoms with Crippen molar-refractivity contribution >= 4 is 22.6 Å². The van der Waals surface area contributed by atoms with Crippen molar-refractivity contribution in [3.8, 4) is 11.1 Å². The second kappa shape index (κ2) is 7.85. The molecule has 6 rings (SSSR count). The van der Waals surface area contributed by atoms with Crippen molar-refractivity contribution < 1.29 is 9.32 Å². The standard InChI is InChI=1S/C26H27N5O2/c1-16-25(17(2)33-29-16)18-8-9-22-21(14-18)28-26(31(22)20-12-13-27-15-20)23-10-11-24(32)30(23)19-6-4-3-5-7-19/h3-9,14,20,23,27H,10-13,15H2,1-2H3/t20-,23+/m1/s1. The number of carbonyl (C=O) groups excluding carboxylic acids is 1. The molecule has 2 atom stereocenters. The quantitative estimate of drug-likeness (QED) is 0.496. The van der Waals surface area contributed by atoms with Crippen LogP contribution in [0, 0.1) is 13.8 Å². The van der Waals surface area contributed by atoms with Gasteiger partial charge in [0.15, 0.2) is 0 Å². The Morgan fingerprint density at radius 2 is 1.94 bits per heavy atom. The number of hydrogen-bond donors (Lipinski definition) is 1. The Bertz CT molecular complexity index is 1310. The monoisotopic (exact) mass is 441 g/mol. The Labute approximate surface area is 192 Å². The summed E-state index contributed by atoms with van der Waals surface area (Å²) in [6, 6.07) is 16.6. The zero-order chi connectivity index (χ0) is 22.5. The summed E-state index contributed by atoms with van der Waals surface area (Å²) in [6.07, 6.45) is 2.36. The van der Waals surface area contributed by atoms with E-state index in [4.69, 9.17) is 9.51 Å². The van der Waals surface area contributed by atoms with E-state index in [1.54, 1.807) is 0 Å². The summed E-state index contributed by atoms with van der Waals surface area (Å²) in [5.41, 5.74) is 5.95. The average molecular weight is 442 g/mol. The average Bonchev–Trinajstić information content (AvgIpc) is 3.60. The van der Waals surface area contributed by atoms with Crippen molar-refractivity contribution in [2.45, 2.75) is 45.2 Å². The Hall–Kier alpha value is -3.45. The van der Waals surface area contributed by atoms with Crippen molar-refractivity contribution in [2.24, 2.45) is 0 Å². The van der Waals surface area contributed by atoms with E-state index in [-0.39, 0.29) is 11.9 Å². The van der Waals surface area contributed by atoms with E-state index < -0.39 is 0 Å². The molecule has 7 nitrogen and oxygen atoms in total. The second-order valence-electron chi connectivity index (χ2n) is 9.04. The van der Waals surface area contributed by atoms with Crippen molar-refractivity contribution in [2.75, 3.05) is 18.0 Å². The minimum atomic E-state index is -0.0737. The van der Waals surface area contributed by atoms with Crippen LogP contribution in [0.25, 0.3) is 22.2 Å². The maximum atomic E-state index is 12.9. The Morgan fingerprint density at radius 1 is 1.09 bits per heavy atom. The number of imidazole rings is 1. The summed E-state index contributed by atoms with van der Waals surface area (Å²) >= 11 is 0. The molecule has 1 amide bonds. The predicted octanol–water partition coefficient (Wildman–Crippen LogP) is 4.71. The largest absolute Gasteiger partial charge is 0.361 e. The van der Waals surface area contributed by atoms with E-state index >= 15 is 0 Å². The van der Waals surface area contributed by atoms with E-state index in [0.29, 0.717) is 12.5 Å². The molecule has 168 valence electrons. The molecule has 2 aliphatic heterocycles. The Morgan fingerprint density at radius 3 is 2.67 bits per heavy atom. The first-order valence-electron chi connectivity index (χ1n) is 11.6. The van der Waals surface area contributed by atoms with Gasteiger partial charge in [0, 0.05) is 30.3 Å². The number of rotatable bonds is 4. The van der Waals surface area contributed by atoms with Crippen LogP contribution >= 0.6 is 0 Å². The number of nitrogens with one attached hydrogen (secondary N) is 1. The van der Waals surface area contributed by atoms with Gasteiger partial charge in [-0.15, -0.1) is 0 Å². The zero-order valence-corrected chi connectivity index (χ0v) is 18.9. The lowest BCUT2D eigenvalue weighted by Gasteiger charge is -2.27. The number of benzene rings is 2. The van der Waals surface area contributed by atoms with Crippen molar-refractivity contribution in [3.05, 3.63) is 65.8 Å². The van der Waals surface area contributed by atoms with Gasteiger partial charge in [0.1, 0.15) is 11.6 Å². The van der Waals surface area contributed by atoms with Crippen LogP contribution in [-0.2, 0) is 4.79 Å². The molecule has 7 heteroatoms. The number of carbonyl (C=O) groups is 1. The molecule has 0 aliphatic carbocycles. The molecule has 0 bridgehead atoms. The van der Waals surface area contributed by atoms with Crippen LogP contribution < -0.4 is 10.2 Å². The first-order chi connectivity index (χ1) is 16.1. The number of anilines is 1. The molecular formula is C26H27N5O2. The van der Waals surface area contributed by atoms with Crippen molar-refractivity contribution in [3.63, 3.8) is 0 Å². The molecule has 2 aromatic heterocycles. The lowest BCUT2D eigenvalue weighted by atomic mass is 10.0. The minimum Gasteiger partial charge on any atom is -0.361 e. The van der Waals surface area contributed by atoms with Gasteiger partial charge < -0.3 is 19.3 Å². The van der Waals surface area contributed by atoms with E-state index in [1.165, 1.54) is 0 Å². The van der Waals surface area contributed by atoms with Gasteiger partial charge in [0.25, 0.3) is 0 Å². The lowest BCUT2D eigenvalue weighted by molar-refractivity contribution is -0.117. The van der Waals surface area contributed by atoms with Crippen molar-refractivity contribution in [1.29, 1.82) is 0 Å². The number of amides is 1. The fourth-order valence-electron chi connectivity index (χ4n) is 5.49. The molecule has 2 aliphatic rings. The molecule has 4 heterocycles. The van der Waals surface area contributed by atoms with Gasteiger partial charge in [-0.3, -0.25) is 4.79 Å². The normalized spacial score (nSPS) is 20.9. The summed E-state index contributed by atoms with van der Waals surface area (Å²) in [5, 5.41) is 7.61. The van der Waals surface area contributed by atoms with Gasteiger partial charge in [-0.05, 0) is 63.1 Å². The molecule has 2 aromatic carbocycles. The number of hydrogen-bond acceptors (Lipinski definition) is 5. The summed E-state index contributed by atoms with van der Waals surface area (Å²) in [6.45, 7) is 5.81. The Kier molecular flexibility index (Phi) is 4.80. The highest BCUT2D eigenvalue weighted by molar-refractivity contribution is 5.96. The number of nitrogens with zero attached hydrogens (tertiary/aromatic N) is 4. The van der Waals surface area contributed by atoms with E-state index in [9.17, 15) is 4.79 Å². The number of para-hydroxylation sites is 1. The summed E-state index contributed by atoms with van der Waals surface area (Å²) < 4.78 is 7.78. The topological polar surface area (TPSA) is 76.2 Å². The van der Waals surface area contributed by atoms with Crippen LogP contribution in [0.4, 0.5) is 5.69 Å². The highest BCUT2D eigenvalue weighted by atomic mass is 16.5. The second-order valence-corrected chi connectivity index (χ2v) is 9.04. The van der Waals surface area contributed by atoms with Gasteiger partial charge in [0.05, 0.1) is 22.8 Å². The van der Waals surface area contributed by atoms with Crippen LogP contribution in [0.1, 0.15) is 48.6 Å². The molecule has 0 saturated carbocycles. The third-order valence-electron chi connectivity index (χ3n) is 6.98. The summed E-state index contributed by atoms with van der Waals surface area (Å²) in [4.78, 5) is 20.1. The lowest BCUT2D eigenvalue weighted by Crippen LogP contribution is -2.30. The number of aromatic nitrogens is 3. The predicted molar refractivity (Wildman–Crippen MR) is 127 cm³/mol. The molecule has 4 aromatic rings. The van der Waals surface area contributed by atoms with Crippen LogP contribution in [0.15, 0.2) is 53.1 Å². The molecule has 0 unspecified atom stereocenters. The highest BCUT2D eigenvalue weighted by Crippen LogP contribution is 2.40. The molecule has 1 N–H and O–H groups in total. The van der Waals surface area contributed by atoms with E-state index in [2.05, 4.69) is 33.2 Å². The van der Waals surface area contributed by atoms with Crippen molar-refractivity contribution in [1.82, 2.24) is 20.0 Å². The molecular weight excluding hydrogens is 414 g/mol. The third kappa shape index (κ3) is 3.26. The molecule has 2 fully saturated rings. The van der Waals surface area contributed by atoms with Crippen LogP contribution in [0.2, 0.25) is 0 Å². The molecule has 0 spiro atoms. The van der Waals surface area contributed by atoms with E-state index in [0.717, 1.165) is 71.1 Å². The maximum Gasteiger partial charge on any atom is 0.227 e. The van der Waals surface area contributed by atoms with Gasteiger partial charge in [-0.25, -0.2) is 4.98 Å². The summed E-state index contributed by atoms with van der Waals surface area (Å²) in [5.74, 6) is 1.94. The first-order valence-corrected chi connectivity index (χ1v) is 11.6. The van der Waals surface area contributed by atoms with Crippen LogP contribution in [-0.4, -0.2) is 33.7 Å². The van der Waals surface area contributed by atoms with Gasteiger partial charge in [0.2, 0.25) is 5.91 Å². The zero-order valence-electron chi connectivity index (χ0n) is 18.9. The summed E-state index contributed by atoms with van der Waals surface area (Å²) in [7, 11) is 0. The molecule has 33 heavy (non-hydrogen) atoms. The third-order valence-corrected chi connectivity index (χ3v) is 6.98. The van der Waals surface area contributed by atoms with Gasteiger partial charge >= 0.3 is 0 Å². The maximum absolute atomic E-state index is 12.9. The first kappa shape index (κ1) is 20.2. The van der Waals surface area contributed by atoms with Gasteiger partial charge in [-0.1, -0.05) is 29.4 Å². The minimum absolute atomic E-state index is 0.0737. The fraction of sp³-hybridized carbons (Fsp3) is 0.346. The number of aryl methyl sites for hydroxylation is 2. The van der Waals surface area contributed by atoms with Gasteiger partial charge in [-0.2, -0.15) is 0 Å². The highest BCUT2D eigenvalue weighted by Gasteiger charge is 2.38. The van der Waals surface area contributed by atoms with Crippen LogP contribution in [0.3, 0.4) is 0 Å². The van der Waals surface area contributed by atoms with E-state index in [1.807, 2.05) is 49.1 Å². The fourth-order valence-corrected chi connectivity index (χ4v) is 5.49. The smallest absolute Gasteiger partial charge is 0.227 e. The molecule has 2 saturated heterocycles.